The summed E-state index contributed by atoms with van der Waals surface area (Å²) in [5.74, 6) is -1.05. The van der Waals surface area contributed by atoms with Crippen LogP contribution < -0.4 is 4.90 Å². The average molecular weight is 292 g/mol. The lowest BCUT2D eigenvalue weighted by atomic mass is 10.1. The van der Waals surface area contributed by atoms with Crippen molar-refractivity contribution in [3.8, 4) is 0 Å². The van der Waals surface area contributed by atoms with E-state index in [4.69, 9.17) is 4.74 Å². The van der Waals surface area contributed by atoms with E-state index in [0.29, 0.717) is 12.2 Å². The summed E-state index contributed by atoms with van der Waals surface area (Å²) in [5, 5.41) is 9.19. The number of nitrogens with zero attached hydrogens (tertiary/aromatic N) is 2. The van der Waals surface area contributed by atoms with Gasteiger partial charge >= 0.3 is 12.0 Å². The van der Waals surface area contributed by atoms with Gasteiger partial charge in [0.1, 0.15) is 0 Å². The molecule has 114 valence electrons. The van der Waals surface area contributed by atoms with Crippen LogP contribution in [0.3, 0.4) is 0 Å². The van der Waals surface area contributed by atoms with E-state index in [0.717, 1.165) is 19.4 Å². The zero-order chi connectivity index (χ0) is 15.4. The summed E-state index contributed by atoms with van der Waals surface area (Å²) in [6.45, 7) is 1.25. The summed E-state index contributed by atoms with van der Waals surface area (Å²) in [5.41, 5.74) is 0.494. The fraction of sp³-hybridized carbons (Fsp3) is 0.467. The second kappa shape index (κ2) is 6.58. The quantitative estimate of drug-likeness (QED) is 0.922. The summed E-state index contributed by atoms with van der Waals surface area (Å²) in [7, 11) is 3.28. The molecule has 0 radical (unpaired) electrons. The number of amides is 2. The molecular weight excluding hydrogens is 272 g/mol. The van der Waals surface area contributed by atoms with Gasteiger partial charge in [0, 0.05) is 27.2 Å². The van der Waals surface area contributed by atoms with E-state index in [2.05, 4.69) is 0 Å². The molecule has 1 aromatic carbocycles. The van der Waals surface area contributed by atoms with Crippen LogP contribution >= 0.6 is 0 Å². The minimum Gasteiger partial charge on any atom is -0.478 e. The molecule has 1 N–H and O–H groups in total. The molecule has 21 heavy (non-hydrogen) atoms. The number of carbonyl (C=O) groups excluding carboxylic acids is 1. The Labute approximate surface area is 123 Å². The standard InChI is InChI=1S/C15H20N2O4/c1-16(10-11-6-5-9-21-11)15(20)17(2)13-8-4-3-7-12(13)14(18)19/h3-4,7-8,11H,5-6,9-10H2,1-2H3,(H,18,19). The second-order valence-electron chi connectivity index (χ2n) is 5.18. The smallest absolute Gasteiger partial charge is 0.337 e. The number of carboxylic acids is 1. The average Bonchev–Trinajstić information content (AvgIpc) is 2.98. The van der Waals surface area contributed by atoms with Gasteiger partial charge in [-0.25, -0.2) is 9.59 Å². The normalized spacial score (nSPS) is 17.5. The van der Waals surface area contributed by atoms with Gasteiger partial charge < -0.3 is 14.7 Å². The predicted octanol–water partition coefficient (Wildman–Crippen LogP) is 2.05. The van der Waals surface area contributed by atoms with E-state index in [1.165, 1.54) is 11.0 Å². The van der Waals surface area contributed by atoms with Crippen LogP contribution in [0.25, 0.3) is 0 Å². The molecule has 2 rings (SSSR count). The maximum Gasteiger partial charge on any atom is 0.337 e. The lowest BCUT2D eigenvalue weighted by Crippen LogP contribution is -2.42. The maximum absolute atomic E-state index is 12.4. The summed E-state index contributed by atoms with van der Waals surface area (Å²) in [6, 6.07) is 6.22. The molecule has 6 nitrogen and oxygen atoms in total. The van der Waals surface area contributed by atoms with E-state index in [1.807, 2.05) is 0 Å². The van der Waals surface area contributed by atoms with Gasteiger partial charge in [0.05, 0.1) is 17.4 Å². The van der Waals surface area contributed by atoms with Crippen LogP contribution in [0.2, 0.25) is 0 Å². The zero-order valence-corrected chi connectivity index (χ0v) is 12.3. The zero-order valence-electron chi connectivity index (χ0n) is 12.3. The number of carbonyl (C=O) groups is 2. The fourth-order valence-corrected chi connectivity index (χ4v) is 2.48. The number of urea groups is 1. The number of hydrogen-bond acceptors (Lipinski definition) is 3. The molecule has 1 fully saturated rings. The molecule has 0 bridgehead atoms. The molecular formula is C15H20N2O4. The van der Waals surface area contributed by atoms with Crippen LogP contribution in [-0.4, -0.2) is 55.4 Å². The molecule has 1 atom stereocenters. The Morgan fingerprint density at radius 1 is 1.33 bits per heavy atom. The number of para-hydroxylation sites is 1. The second-order valence-corrected chi connectivity index (χ2v) is 5.18. The molecule has 1 aromatic rings. The summed E-state index contributed by atoms with van der Waals surface area (Å²) in [6.07, 6.45) is 2.04. The van der Waals surface area contributed by atoms with E-state index in [1.54, 1.807) is 37.2 Å². The molecule has 0 aliphatic carbocycles. The number of carboxylic acid groups (broad SMARTS) is 1. The number of likely N-dealkylation sites (N-methyl/N-ethyl adjacent to an activating group) is 1. The van der Waals surface area contributed by atoms with Crippen molar-refractivity contribution in [2.24, 2.45) is 0 Å². The highest BCUT2D eigenvalue weighted by Gasteiger charge is 2.24. The van der Waals surface area contributed by atoms with Crippen molar-refractivity contribution in [2.45, 2.75) is 18.9 Å². The Bertz CT molecular complexity index is 526. The minimum absolute atomic E-state index is 0.0714. The Balaban J connectivity index is 2.09. The van der Waals surface area contributed by atoms with Crippen molar-refractivity contribution in [1.29, 1.82) is 0 Å². The first-order chi connectivity index (χ1) is 10.0. The first-order valence-corrected chi connectivity index (χ1v) is 6.93. The first kappa shape index (κ1) is 15.3. The molecule has 1 unspecified atom stereocenters. The van der Waals surface area contributed by atoms with Crippen LogP contribution in [0, 0.1) is 0 Å². The molecule has 1 aliphatic rings. The number of rotatable bonds is 4. The van der Waals surface area contributed by atoms with Gasteiger partial charge in [0.15, 0.2) is 0 Å². The summed E-state index contributed by atoms with van der Waals surface area (Å²) < 4.78 is 5.51. The largest absolute Gasteiger partial charge is 0.478 e. The van der Waals surface area contributed by atoms with E-state index >= 15 is 0 Å². The van der Waals surface area contributed by atoms with Crippen molar-refractivity contribution in [1.82, 2.24) is 4.90 Å². The Morgan fingerprint density at radius 2 is 2.05 bits per heavy atom. The monoisotopic (exact) mass is 292 g/mol. The van der Waals surface area contributed by atoms with Crippen molar-refractivity contribution in [3.05, 3.63) is 29.8 Å². The molecule has 0 spiro atoms. The van der Waals surface area contributed by atoms with Gasteiger partial charge in [-0.2, -0.15) is 0 Å². The fourth-order valence-electron chi connectivity index (χ4n) is 2.48. The third-order valence-electron chi connectivity index (χ3n) is 3.61. The molecule has 1 saturated heterocycles. The van der Waals surface area contributed by atoms with E-state index in [9.17, 15) is 14.7 Å². The van der Waals surface area contributed by atoms with Crippen molar-refractivity contribution in [3.63, 3.8) is 0 Å². The number of ether oxygens (including phenoxy) is 1. The molecule has 0 saturated carbocycles. The lowest BCUT2D eigenvalue weighted by Gasteiger charge is -2.27. The molecule has 1 heterocycles. The first-order valence-electron chi connectivity index (χ1n) is 6.93. The van der Waals surface area contributed by atoms with Crippen molar-refractivity contribution < 1.29 is 19.4 Å². The summed E-state index contributed by atoms with van der Waals surface area (Å²) >= 11 is 0. The van der Waals surface area contributed by atoms with Gasteiger partial charge in [-0.15, -0.1) is 0 Å². The Hall–Kier alpha value is -2.08. The van der Waals surface area contributed by atoms with Crippen LogP contribution in [0.1, 0.15) is 23.2 Å². The van der Waals surface area contributed by atoms with Crippen LogP contribution in [0.5, 0.6) is 0 Å². The molecule has 0 aromatic heterocycles. The van der Waals surface area contributed by atoms with Gasteiger partial charge in [-0.1, -0.05) is 12.1 Å². The number of anilines is 1. The van der Waals surface area contributed by atoms with Gasteiger partial charge in [-0.3, -0.25) is 4.90 Å². The highest BCUT2D eigenvalue weighted by Crippen LogP contribution is 2.21. The predicted molar refractivity (Wildman–Crippen MR) is 78.8 cm³/mol. The lowest BCUT2D eigenvalue weighted by molar-refractivity contribution is 0.0697. The highest BCUT2D eigenvalue weighted by molar-refractivity contribution is 6.01. The highest BCUT2D eigenvalue weighted by atomic mass is 16.5. The van der Waals surface area contributed by atoms with Crippen molar-refractivity contribution >= 4 is 17.7 Å². The number of hydrogen-bond donors (Lipinski definition) is 1. The maximum atomic E-state index is 12.4. The number of benzene rings is 1. The Kier molecular flexibility index (Phi) is 4.80. The number of aromatic carboxylic acids is 1. The molecule has 6 heteroatoms. The van der Waals surface area contributed by atoms with Gasteiger partial charge in [0.25, 0.3) is 0 Å². The topological polar surface area (TPSA) is 70.1 Å². The van der Waals surface area contributed by atoms with Crippen LogP contribution in [-0.2, 0) is 4.74 Å². The summed E-state index contributed by atoms with van der Waals surface area (Å²) in [4.78, 5) is 26.6. The minimum atomic E-state index is -1.05. The molecule has 2 amide bonds. The Morgan fingerprint density at radius 3 is 2.67 bits per heavy atom. The van der Waals surface area contributed by atoms with Gasteiger partial charge in [-0.05, 0) is 25.0 Å². The van der Waals surface area contributed by atoms with Crippen LogP contribution in [0.15, 0.2) is 24.3 Å². The van der Waals surface area contributed by atoms with Crippen molar-refractivity contribution in [2.75, 3.05) is 32.1 Å². The van der Waals surface area contributed by atoms with E-state index < -0.39 is 5.97 Å². The molecule has 1 aliphatic heterocycles. The third-order valence-corrected chi connectivity index (χ3v) is 3.61. The van der Waals surface area contributed by atoms with Gasteiger partial charge in [0.2, 0.25) is 0 Å². The van der Waals surface area contributed by atoms with Crippen LogP contribution in [0.4, 0.5) is 10.5 Å². The SMILES string of the molecule is CN(CC1CCCO1)C(=O)N(C)c1ccccc1C(=O)O. The van der Waals surface area contributed by atoms with E-state index in [-0.39, 0.29) is 17.7 Å². The third kappa shape index (κ3) is 3.52.